The van der Waals surface area contributed by atoms with E-state index in [1.807, 2.05) is 42.5 Å². The van der Waals surface area contributed by atoms with Crippen LogP contribution in [0, 0.1) is 0 Å². The second kappa shape index (κ2) is 5.48. The molecule has 1 aliphatic heterocycles. The molecular formula is C17H17NO3. The van der Waals surface area contributed by atoms with Gasteiger partial charge in [-0.05, 0) is 28.8 Å². The van der Waals surface area contributed by atoms with E-state index in [4.69, 9.17) is 9.47 Å². The molecule has 1 N–H and O–H groups in total. The fraction of sp³-hybridized carbons (Fsp3) is 0.235. The van der Waals surface area contributed by atoms with Crippen LogP contribution in [-0.2, 0) is 11.2 Å². The van der Waals surface area contributed by atoms with E-state index in [9.17, 15) is 4.79 Å². The minimum atomic E-state index is -0.151. The number of nitrogens with one attached hydrogen (secondary N) is 1. The summed E-state index contributed by atoms with van der Waals surface area (Å²) in [6.45, 7) is 0. The van der Waals surface area contributed by atoms with Crippen LogP contribution in [0.5, 0.6) is 11.5 Å². The third-order valence-electron chi connectivity index (χ3n) is 3.75. The van der Waals surface area contributed by atoms with Crippen molar-refractivity contribution in [2.75, 3.05) is 14.2 Å². The van der Waals surface area contributed by atoms with E-state index >= 15 is 0 Å². The zero-order valence-corrected chi connectivity index (χ0v) is 12.1. The van der Waals surface area contributed by atoms with Gasteiger partial charge in [-0.25, -0.2) is 0 Å². The van der Waals surface area contributed by atoms with Crippen LogP contribution in [0.25, 0.3) is 0 Å². The molecule has 4 heteroatoms. The summed E-state index contributed by atoms with van der Waals surface area (Å²) in [7, 11) is 3.21. The summed E-state index contributed by atoms with van der Waals surface area (Å²) >= 11 is 0. The predicted molar refractivity (Wildman–Crippen MR) is 79.7 cm³/mol. The molecule has 1 heterocycles. The molecule has 0 spiro atoms. The Labute approximate surface area is 123 Å². The summed E-state index contributed by atoms with van der Waals surface area (Å²) in [6.07, 6.45) is 0.360. The maximum Gasteiger partial charge on any atom is 0.225 e. The number of methoxy groups -OCH3 is 2. The van der Waals surface area contributed by atoms with E-state index in [0.29, 0.717) is 17.9 Å². The fourth-order valence-electron chi connectivity index (χ4n) is 2.73. The average molecular weight is 283 g/mol. The van der Waals surface area contributed by atoms with Gasteiger partial charge in [-0.15, -0.1) is 0 Å². The van der Waals surface area contributed by atoms with Crippen molar-refractivity contribution >= 4 is 5.91 Å². The van der Waals surface area contributed by atoms with Crippen LogP contribution in [0.15, 0.2) is 42.5 Å². The maximum absolute atomic E-state index is 12.0. The van der Waals surface area contributed by atoms with Crippen LogP contribution < -0.4 is 14.8 Å². The number of amides is 1. The highest BCUT2D eigenvalue weighted by molar-refractivity contribution is 5.82. The molecule has 2 aromatic rings. The number of hydrogen-bond donors (Lipinski definition) is 1. The number of fused-ring (bicyclic) bond motifs is 1. The van der Waals surface area contributed by atoms with Crippen LogP contribution in [0.1, 0.15) is 22.7 Å². The summed E-state index contributed by atoms with van der Waals surface area (Å²) in [4.78, 5) is 12.0. The highest BCUT2D eigenvalue weighted by Gasteiger charge is 2.27. The number of carbonyl (C=O) groups is 1. The molecule has 21 heavy (non-hydrogen) atoms. The molecular weight excluding hydrogens is 266 g/mol. The zero-order valence-electron chi connectivity index (χ0n) is 12.1. The SMILES string of the molecule is COc1cc2c(cc1OC)[C@H](c1ccccc1)NC(=O)C2. The first-order chi connectivity index (χ1) is 10.2. The zero-order chi connectivity index (χ0) is 14.8. The van der Waals surface area contributed by atoms with Gasteiger partial charge in [-0.2, -0.15) is 0 Å². The third kappa shape index (κ3) is 2.44. The van der Waals surface area contributed by atoms with Gasteiger partial charge in [0.25, 0.3) is 0 Å². The van der Waals surface area contributed by atoms with E-state index < -0.39 is 0 Å². The molecule has 0 fully saturated rings. The Morgan fingerprint density at radius 3 is 2.38 bits per heavy atom. The van der Waals surface area contributed by atoms with Crippen molar-refractivity contribution in [1.29, 1.82) is 0 Å². The van der Waals surface area contributed by atoms with Crippen molar-refractivity contribution in [3.63, 3.8) is 0 Å². The quantitative estimate of drug-likeness (QED) is 0.941. The van der Waals surface area contributed by atoms with E-state index in [-0.39, 0.29) is 11.9 Å². The standard InChI is InChI=1S/C17H17NO3/c1-20-14-8-12-9-16(19)18-17(11-6-4-3-5-7-11)13(12)10-15(14)21-2/h3-8,10,17H,9H2,1-2H3,(H,18,19)/t17-/m0/s1. The molecule has 0 unspecified atom stereocenters. The van der Waals surface area contributed by atoms with Gasteiger partial charge in [0, 0.05) is 0 Å². The van der Waals surface area contributed by atoms with Crippen molar-refractivity contribution < 1.29 is 14.3 Å². The molecule has 0 aromatic heterocycles. The van der Waals surface area contributed by atoms with Crippen LogP contribution in [0.4, 0.5) is 0 Å². The Hall–Kier alpha value is -2.49. The van der Waals surface area contributed by atoms with Crippen LogP contribution in [0.3, 0.4) is 0 Å². The van der Waals surface area contributed by atoms with Gasteiger partial charge in [-0.3, -0.25) is 4.79 Å². The second-order valence-electron chi connectivity index (χ2n) is 4.99. The monoisotopic (exact) mass is 283 g/mol. The van der Waals surface area contributed by atoms with Crippen molar-refractivity contribution in [1.82, 2.24) is 5.32 Å². The Bertz CT molecular complexity index is 667. The summed E-state index contributed by atoms with van der Waals surface area (Å²) in [5.74, 6) is 1.34. The predicted octanol–water partition coefficient (Wildman–Crippen LogP) is 2.47. The van der Waals surface area contributed by atoms with Crippen molar-refractivity contribution in [3.8, 4) is 11.5 Å². The van der Waals surface area contributed by atoms with E-state index in [0.717, 1.165) is 16.7 Å². The van der Waals surface area contributed by atoms with Crippen LogP contribution in [0.2, 0.25) is 0 Å². The summed E-state index contributed by atoms with van der Waals surface area (Å²) in [6, 6.07) is 13.6. The second-order valence-corrected chi connectivity index (χ2v) is 4.99. The molecule has 1 atom stereocenters. The molecule has 1 aliphatic rings. The normalized spacial score (nSPS) is 16.9. The minimum absolute atomic E-state index is 0.0172. The van der Waals surface area contributed by atoms with Crippen LogP contribution >= 0.6 is 0 Å². The summed E-state index contributed by atoms with van der Waals surface area (Å²) in [5, 5.41) is 3.04. The molecule has 0 bridgehead atoms. The molecule has 3 rings (SSSR count). The largest absolute Gasteiger partial charge is 0.493 e. The van der Waals surface area contributed by atoms with Gasteiger partial charge < -0.3 is 14.8 Å². The molecule has 4 nitrogen and oxygen atoms in total. The first-order valence-corrected chi connectivity index (χ1v) is 6.82. The maximum atomic E-state index is 12.0. The third-order valence-corrected chi connectivity index (χ3v) is 3.75. The van der Waals surface area contributed by atoms with Crippen molar-refractivity contribution in [2.45, 2.75) is 12.5 Å². The number of rotatable bonds is 3. The van der Waals surface area contributed by atoms with Gasteiger partial charge in [0.1, 0.15) is 0 Å². The molecule has 0 aliphatic carbocycles. The smallest absolute Gasteiger partial charge is 0.225 e. The summed E-state index contributed by atoms with van der Waals surface area (Å²) in [5.41, 5.74) is 3.09. The van der Waals surface area contributed by atoms with Gasteiger partial charge in [0.15, 0.2) is 11.5 Å². The number of ether oxygens (including phenoxy) is 2. The molecule has 0 saturated carbocycles. The van der Waals surface area contributed by atoms with Crippen molar-refractivity contribution in [2.24, 2.45) is 0 Å². The van der Waals surface area contributed by atoms with Crippen molar-refractivity contribution in [3.05, 3.63) is 59.2 Å². The van der Waals surface area contributed by atoms with E-state index in [1.54, 1.807) is 14.2 Å². The number of hydrogen-bond acceptors (Lipinski definition) is 3. The molecule has 108 valence electrons. The van der Waals surface area contributed by atoms with E-state index in [2.05, 4.69) is 5.32 Å². The molecule has 0 saturated heterocycles. The Kier molecular flexibility index (Phi) is 3.52. The van der Waals surface area contributed by atoms with Gasteiger partial charge >= 0.3 is 0 Å². The molecule has 0 radical (unpaired) electrons. The highest BCUT2D eigenvalue weighted by atomic mass is 16.5. The average Bonchev–Trinajstić information content (AvgIpc) is 2.53. The lowest BCUT2D eigenvalue weighted by Gasteiger charge is -2.28. The lowest BCUT2D eigenvalue weighted by atomic mass is 9.89. The Morgan fingerprint density at radius 1 is 1.05 bits per heavy atom. The van der Waals surface area contributed by atoms with Gasteiger partial charge in [-0.1, -0.05) is 30.3 Å². The van der Waals surface area contributed by atoms with Gasteiger partial charge in [0.2, 0.25) is 5.91 Å². The minimum Gasteiger partial charge on any atom is -0.493 e. The fourth-order valence-corrected chi connectivity index (χ4v) is 2.73. The number of carbonyl (C=O) groups excluding carboxylic acids is 1. The topological polar surface area (TPSA) is 47.6 Å². The Morgan fingerprint density at radius 2 is 1.71 bits per heavy atom. The molecule has 2 aromatic carbocycles. The highest BCUT2D eigenvalue weighted by Crippen LogP contribution is 2.37. The van der Waals surface area contributed by atoms with Crippen LogP contribution in [-0.4, -0.2) is 20.1 Å². The number of benzene rings is 2. The Balaban J connectivity index is 2.13. The lowest BCUT2D eigenvalue weighted by Crippen LogP contribution is -2.35. The molecule has 1 amide bonds. The first kappa shape index (κ1) is 13.5. The van der Waals surface area contributed by atoms with E-state index in [1.165, 1.54) is 0 Å². The summed E-state index contributed by atoms with van der Waals surface area (Å²) < 4.78 is 10.7. The first-order valence-electron chi connectivity index (χ1n) is 6.82. The lowest BCUT2D eigenvalue weighted by molar-refractivity contribution is -0.121. The van der Waals surface area contributed by atoms with Gasteiger partial charge in [0.05, 0.1) is 26.7 Å².